The van der Waals surface area contributed by atoms with E-state index in [0.717, 1.165) is 3.57 Å². The van der Waals surface area contributed by atoms with Crippen molar-refractivity contribution in [3.63, 3.8) is 0 Å². The fraction of sp³-hybridized carbons (Fsp3) is 0.0714. The number of carbonyl (C=O) groups excluding carboxylic acids is 1. The highest BCUT2D eigenvalue weighted by molar-refractivity contribution is 14.1. The molecule has 2 N–H and O–H groups in total. The van der Waals surface area contributed by atoms with Crippen LogP contribution in [0.2, 0.25) is 0 Å². The van der Waals surface area contributed by atoms with Crippen LogP contribution in [0, 0.1) is 13.7 Å². The maximum Gasteiger partial charge on any atom is 0.282 e. The highest BCUT2D eigenvalue weighted by atomic mass is 127. The summed E-state index contributed by atoms with van der Waals surface area (Å²) in [6.07, 6.45) is 0. The maximum atomic E-state index is 12.2. The zero-order valence-electron chi connectivity index (χ0n) is 11.1. The van der Waals surface area contributed by atoms with Gasteiger partial charge in [-0.2, -0.15) is 0 Å². The van der Waals surface area contributed by atoms with E-state index in [9.17, 15) is 14.9 Å². The molecular formula is C14H12IN3O3. The molecule has 2 aromatic rings. The molecule has 0 atom stereocenters. The number of nitrogens with zero attached hydrogens (tertiary/aromatic N) is 1. The molecule has 0 saturated carbocycles. The van der Waals surface area contributed by atoms with Gasteiger partial charge in [-0.1, -0.05) is 0 Å². The first-order chi connectivity index (χ1) is 10.0. The molecule has 1 amide bonds. The molecule has 2 rings (SSSR count). The number of amides is 1. The number of anilines is 2. The van der Waals surface area contributed by atoms with E-state index in [2.05, 4.69) is 33.2 Å². The molecule has 7 heteroatoms. The largest absolute Gasteiger partial charge is 0.388 e. The third kappa shape index (κ3) is 3.69. The van der Waals surface area contributed by atoms with Crippen molar-refractivity contribution in [1.82, 2.24) is 0 Å². The Morgan fingerprint density at radius 2 is 1.76 bits per heavy atom. The van der Waals surface area contributed by atoms with Gasteiger partial charge in [-0.3, -0.25) is 14.9 Å². The Labute approximate surface area is 134 Å². The Bertz CT molecular complexity index is 686. The van der Waals surface area contributed by atoms with Crippen molar-refractivity contribution in [2.45, 2.75) is 0 Å². The van der Waals surface area contributed by atoms with Crippen molar-refractivity contribution in [3.8, 4) is 0 Å². The van der Waals surface area contributed by atoms with Gasteiger partial charge in [0.05, 0.1) is 4.92 Å². The van der Waals surface area contributed by atoms with Gasteiger partial charge >= 0.3 is 0 Å². The van der Waals surface area contributed by atoms with Gasteiger partial charge in [0.25, 0.3) is 11.6 Å². The zero-order valence-corrected chi connectivity index (χ0v) is 13.2. The Hall–Kier alpha value is -2.16. The summed E-state index contributed by atoms with van der Waals surface area (Å²) < 4.78 is 1.04. The van der Waals surface area contributed by atoms with E-state index >= 15 is 0 Å². The number of halogens is 1. The molecule has 108 valence electrons. The molecule has 6 nitrogen and oxygen atoms in total. The van der Waals surface area contributed by atoms with Crippen molar-refractivity contribution in [2.24, 2.45) is 0 Å². The van der Waals surface area contributed by atoms with E-state index in [1.807, 2.05) is 12.1 Å². The maximum absolute atomic E-state index is 12.2. The summed E-state index contributed by atoms with van der Waals surface area (Å²) in [6, 6.07) is 11.5. The van der Waals surface area contributed by atoms with Gasteiger partial charge in [-0.15, -0.1) is 0 Å². The van der Waals surface area contributed by atoms with E-state index in [1.165, 1.54) is 12.1 Å². The van der Waals surface area contributed by atoms with E-state index in [-0.39, 0.29) is 11.3 Å². The van der Waals surface area contributed by atoms with Crippen molar-refractivity contribution < 1.29 is 9.72 Å². The number of rotatable bonds is 4. The van der Waals surface area contributed by atoms with Crippen LogP contribution in [-0.2, 0) is 0 Å². The van der Waals surface area contributed by atoms with Crippen LogP contribution in [0.5, 0.6) is 0 Å². The normalized spacial score (nSPS) is 10.0. The SMILES string of the molecule is CNc1ccc([N+](=O)[O-])c(C(=O)Nc2ccc(I)cc2)c1. The summed E-state index contributed by atoms with van der Waals surface area (Å²) >= 11 is 2.15. The molecule has 0 fully saturated rings. The van der Waals surface area contributed by atoms with E-state index in [0.29, 0.717) is 11.4 Å². The molecule has 0 saturated heterocycles. The Morgan fingerprint density at radius 3 is 2.33 bits per heavy atom. The van der Waals surface area contributed by atoms with Crippen LogP contribution in [0.15, 0.2) is 42.5 Å². The predicted molar refractivity (Wildman–Crippen MR) is 89.8 cm³/mol. The second-order valence-corrected chi connectivity index (χ2v) is 5.45. The molecule has 0 aromatic heterocycles. The minimum absolute atomic E-state index is 0.0189. The van der Waals surface area contributed by atoms with Crippen LogP contribution in [0.1, 0.15) is 10.4 Å². The van der Waals surface area contributed by atoms with Gasteiger partial charge < -0.3 is 10.6 Å². The third-order valence-corrected chi connectivity index (χ3v) is 3.55. The summed E-state index contributed by atoms with van der Waals surface area (Å²) in [6.45, 7) is 0. The Kier molecular flexibility index (Phi) is 4.73. The van der Waals surface area contributed by atoms with Gasteiger partial charge in [0.1, 0.15) is 5.56 Å². The van der Waals surface area contributed by atoms with Gasteiger partial charge in [0.15, 0.2) is 0 Å². The van der Waals surface area contributed by atoms with E-state index in [1.54, 1.807) is 25.2 Å². The molecule has 0 heterocycles. The summed E-state index contributed by atoms with van der Waals surface area (Å²) in [5, 5.41) is 16.5. The first-order valence-electron chi connectivity index (χ1n) is 6.04. The second-order valence-electron chi connectivity index (χ2n) is 4.20. The van der Waals surface area contributed by atoms with Crippen molar-refractivity contribution >= 4 is 45.6 Å². The van der Waals surface area contributed by atoms with Crippen LogP contribution >= 0.6 is 22.6 Å². The summed E-state index contributed by atoms with van der Waals surface area (Å²) in [4.78, 5) is 22.7. The van der Waals surface area contributed by atoms with Crippen molar-refractivity contribution in [2.75, 3.05) is 17.7 Å². The van der Waals surface area contributed by atoms with Gasteiger partial charge in [0.2, 0.25) is 0 Å². The van der Waals surface area contributed by atoms with Crippen LogP contribution in [0.25, 0.3) is 0 Å². The molecule has 0 spiro atoms. The monoisotopic (exact) mass is 397 g/mol. The van der Waals surface area contributed by atoms with Crippen molar-refractivity contribution in [1.29, 1.82) is 0 Å². The lowest BCUT2D eigenvalue weighted by molar-refractivity contribution is -0.385. The average molecular weight is 397 g/mol. The standard InChI is InChI=1S/C14H12IN3O3/c1-16-11-6-7-13(18(20)21)12(8-11)14(19)17-10-4-2-9(15)3-5-10/h2-8,16H,1H3,(H,17,19). The average Bonchev–Trinajstić information content (AvgIpc) is 2.48. The van der Waals surface area contributed by atoms with Crippen LogP contribution < -0.4 is 10.6 Å². The van der Waals surface area contributed by atoms with Crippen LogP contribution in [0.3, 0.4) is 0 Å². The first-order valence-corrected chi connectivity index (χ1v) is 7.12. The molecule has 0 radical (unpaired) electrons. The zero-order chi connectivity index (χ0) is 15.4. The molecule has 0 aliphatic carbocycles. The minimum Gasteiger partial charge on any atom is -0.388 e. The number of nitrogens with one attached hydrogen (secondary N) is 2. The molecule has 0 bridgehead atoms. The highest BCUT2D eigenvalue weighted by Gasteiger charge is 2.20. The fourth-order valence-corrected chi connectivity index (χ4v) is 2.12. The van der Waals surface area contributed by atoms with Crippen molar-refractivity contribution in [3.05, 3.63) is 61.7 Å². The highest BCUT2D eigenvalue weighted by Crippen LogP contribution is 2.24. The summed E-state index contributed by atoms with van der Waals surface area (Å²) in [5.41, 5.74) is 1.01. The molecule has 2 aromatic carbocycles. The lowest BCUT2D eigenvalue weighted by Gasteiger charge is -2.08. The topological polar surface area (TPSA) is 84.3 Å². The Morgan fingerprint density at radius 1 is 1.14 bits per heavy atom. The lowest BCUT2D eigenvalue weighted by Crippen LogP contribution is -2.14. The second kappa shape index (κ2) is 6.53. The molecule has 0 unspecified atom stereocenters. The minimum atomic E-state index is -0.567. The van der Waals surface area contributed by atoms with E-state index < -0.39 is 10.8 Å². The predicted octanol–water partition coefficient (Wildman–Crippen LogP) is 3.49. The summed E-state index contributed by atoms with van der Waals surface area (Å²) in [7, 11) is 1.68. The quantitative estimate of drug-likeness (QED) is 0.470. The number of benzene rings is 2. The number of carbonyl (C=O) groups is 1. The number of hydrogen-bond donors (Lipinski definition) is 2. The molecule has 0 aliphatic heterocycles. The number of nitro groups is 1. The summed E-state index contributed by atoms with van der Waals surface area (Å²) in [5.74, 6) is -0.514. The molecule has 0 aliphatic rings. The Balaban J connectivity index is 2.33. The van der Waals surface area contributed by atoms with Crippen LogP contribution in [0.4, 0.5) is 17.1 Å². The van der Waals surface area contributed by atoms with Crippen LogP contribution in [-0.4, -0.2) is 17.9 Å². The number of nitro benzene ring substituents is 1. The first kappa shape index (κ1) is 15.2. The third-order valence-electron chi connectivity index (χ3n) is 2.83. The smallest absolute Gasteiger partial charge is 0.282 e. The van der Waals surface area contributed by atoms with Gasteiger partial charge in [0, 0.05) is 28.1 Å². The molecular weight excluding hydrogens is 385 g/mol. The fourth-order valence-electron chi connectivity index (χ4n) is 1.76. The van der Waals surface area contributed by atoms with Gasteiger partial charge in [-0.25, -0.2) is 0 Å². The number of hydrogen-bond acceptors (Lipinski definition) is 4. The van der Waals surface area contributed by atoms with Gasteiger partial charge in [-0.05, 0) is 59.0 Å². The van der Waals surface area contributed by atoms with E-state index in [4.69, 9.17) is 0 Å². The molecule has 21 heavy (non-hydrogen) atoms. The lowest BCUT2D eigenvalue weighted by atomic mass is 10.1.